The zero-order valence-corrected chi connectivity index (χ0v) is 10.3. The Balaban J connectivity index is 2.11. The molecule has 0 radical (unpaired) electrons. The Morgan fingerprint density at radius 2 is 1.45 bits per heavy atom. The molecule has 98 valence electrons. The monoisotopic (exact) mass is 266 g/mol. The van der Waals surface area contributed by atoms with Gasteiger partial charge >= 0.3 is 0 Å². The summed E-state index contributed by atoms with van der Waals surface area (Å²) in [4.78, 5) is 24.3. The number of phenolic OH excluding ortho intramolecular Hbond substituents is 2. The number of carbonyl (C=O) groups is 2. The van der Waals surface area contributed by atoms with Crippen molar-refractivity contribution in [1.29, 1.82) is 0 Å². The number of ketones is 2. The van der Waals surface area contributed by atoms with Gasteiger partial charge in [0.2, 0.25) is 0 Å². The van der Waals surface area contributed by atoms with E-state index >= 15 is 0 Å². The van der Waals surface area contributed by atoms with Crippen LogP contribution in [-0.2, 0) is 0 Å². The first-order chi connectivity index (χ1) is 9.58. The van der Waals surface area contributed by atoms with E-state index in [2.05, 4.69) is 0 Å². The Hall–Kier alpha value is -2.88. The van der Waals surface area contributed by atoms with Gasteiger partial charge in [-0.3, -0.25) is 9.59 Å². The molecule has 0 aromatic heterocycles. The minimum absolute atomic E-state index is 0.0205. The van der Waals surface area contributed by atoms with Crippen molar-refractivity contribution in [2.45, 2.75) is 0 Å². The third-order valence-corrected chi connectivity index (χ3v) is 3.22. The SMILES string of the molecule is O=C1C(=Cc2ccc(O)cc2O)C(=O)c2ccccc21. The maximum absolute atomic E-state index is 12.2. The molecule has 1 aliphatic carbocycles. The number of carbonyl (C=O) groups excluding carboxylic acids is 2. The molecule has 0 atom stereocenters. The summed E-state index contributed by atoms with van der Waals surface area (Å²) in [5, 5.41) is 18.9. The van der Waals surface area contributed by atoms with Crippen LogP contribution in [0.15, 0.2) is 48.0 Å². The summed E-state index contributed by atoms with van der Waals surface area (Å²) in [6, 6.07) is 10.6. The minimum atomic E-state index is -0.349. The van der Waals surface area contributed by atoms with E-state index in [1.165, 1.54) is 18.2 Å². The van der Waals surface area contributed by atoms with E-state index in [0.717, 1.165) is 6.07 Å². The molecule has 4 nitrogen and oxygen atoms in total. The maximum Gasteiger partial charge on any atom is 0.197 e. The molecule has 0 spiro atoms. The quantitative estimate of drug-likeness (QED) is 0.614. The molecule has 2 aromatic carbocycles. The first-order valence-corrected chi connectivity index (χ1v) is 6.00. The van der Waals surface area contributed by atoms with Gasteiger partial charge in [-0.1, -0.05) is 24.3 Å². The molecule has 20 heavy (non-hydrogen) atoms. The Kier molecular flexibility index (Phi) is 2.64. The molecule has 0 unspecified atom stereocenters. The summed E-state index contributed by atoms with van der Waals surface area (Å²) in [5.41, 5.74) is 1.09. The molecule has 0 aliphatic heterocycles. The topological polar surface area (TPSA) is 74.6 Å². The van der Waals surface area contributed by atoms with Gasteiger partial charge in [-0.2, -0.15) is 0 Å². The third kappa shape index (κ3) is 1.78. The fraction of sp³-hybridized carbons (Fsp3) is 0. The number of allylic oxidation sites excluding steroid dienone is 1. The number of rotatable bonds is 1. The van der Waals surface area contributed by atoms with Gasteiger partial charge in [-0.05, 0) is 18.2 Å². The fourth-order valence-electron chi connectivity index (χ4n) is 2.21. The van der Waals surface area contributed by atoms with Gasteiger partial charge in [0.15, 0.2) is 11.6 Å². The number of benzene rings is 2. The molecule has 3 rings (SSSR count). The van der Waals surface area contributed by atoms with Crippen LogP contribution in [-0.4, -0.2) is 21.8 Å². The van der Waals surface area contributed by atoms with Gasteiger partial charge in [-0.25, -0.2) is 0 Å². The van der Waals surface area contributed by atoms with Crippen molar-refractivity contribution in [2.75, 3.05) is 0 Å². The van der Waals surface area contributed by atoms with E-state index in [0.29, 0.717) is 16.7 Å². The number of fused-ring (bicyclic) bond motifs is 1. The van der Waals surface area contributed by atoms with Gasteiger partial charge in [-0.15, -0.1) is 0 Å². The highest BCUT2D eigenvalue weighted by atomic mass is 16.3. The number of phenols is 2. The molecule has 2 aromatic rings. The summed E-state index contributed by atoms with van der Waals surface area (Å²) >= 11 is 0. The normalized spacial score (nSPS) is 13.5. The number of aromatic hydroxyl groups is 2. The minimum Gasteiger partial charge on any atom is -0.508 e. The van der Waals surface area contributed by atoms with Crippen LogP contribution in [0.1, 0.15) is 26.3 Å². The molecule has 1 aliphatic rings. The molecule has 0 amide bonds. The predicted octanol–water partition coefficient (Wildman–Crippen LogP) is 2.56. The van der Waals surface area contributed by atoms with Crippen LogP contribution in [0, 0.1) is 0 Å². The zero-order valence-electron chi connectivity index (χ0n) is 10.3. The Labute approximate surface area is 114 Å². The summed E-state index contributed by atoms with van der Waals surface area (Å²) in [7, 11) is 0. The molecule has 2 N–H and O–H groups in total. The average Bonchev–Trinajstić information content (AvgIpc) is 2.67. The second-order valence-corrected chi connectivity index (χ2v) is 4.50. The Morgan fingerprint density at radius 1 is 0.850 bits per heavy atom. The van der Waals surface area contributed by atoms with Crippen molar-refractivity contribution in [2.24, 2.45) is 0 Å². The number of hydrogen-bond donors (Lipinski definition) is 2. The maximum atomic E-state index is 12.2. The first kappa shape index (κ1) is 12.2. The van der Waals surface area contributed by atoms with Crippen molar-refractivity contribution in [3.63, 3.8) is 0 Å². The van der Waals surface area contributed by atoms with Gasteiger partial charge in [0.25, 0.3) is 0 Å². The van der Waals surface area contributed by atoms with Crippen LogP contribution >= 0.6 is 0 Å². The smallest absolute Gasteiger partial charge is 0.197 e. The average molecular weight is 266 g/mol. The van der Waals surface area contributed by atoms with Crippen molar-refractivity contribution >= 4 is 17.6 Å². The second kappa shape index (κ2) is 4.35. The number of hydrogen-bond acceptors (Lipinski definition) is 4. The molecule has 4 heteroatoms. The molecule has 0 heterocycles. The lowest BCUT2D eigenvalue weighted by molar-refractivity contribution is 0.0990. The lowest BCUT2D eigenvalue weighted by Gasteiger charge is -2.01. The van der Waals surface area contributed by atoms with Gasteiger partial charge < -0.3 is 10.2 Å². The van der Waals surface area contributed by atoms with E-state index in [1.54, 1.807) is 24.3 Å². The van der Waals surface area contributed by atoms with E-state index in [4.69, 9.17) is 0 Å². The van der Waals surface area contributed by atoms with Crippen LogP contribution < -0.4 is 0 Å². The van der Waals surface area contributed by atoms with Crippen LogP contribution in [0.3, 0.4) is 0 Å². The summed E-state index contributed by atoms with van der Waals surface area (Å²) < 4.78 is 0. The number of Topliss-reactive ketones (excluding diaryl/α,β-unsaturated/α-hetero) is 2. The van der Waals surface area contributed by atoms with E-state index in [-0.39, 0.29) is 28.6 Å². The summed E-state index contributed by atoms with van der Waals surface area (Å²) in [6.45, 7) is 0. The second-order valence-electron chi connectivity index (χ2n) is 4.50. The predicted molar refractivity (Wildman–Crippen MR) is 72.9 cm³/mol. The molecule has 0 fully saturated rings. The van der Waals surface area contributed by atoms with Crippen LogP contribution in [0.2, 0.25) is 0 Å². The summed E-state index contributed by atoms with van der Waals surface area (Å²) in [6.07, 6.45) is 1.35. The lowest BCUT2D eigenvalue weighted by atomic mass is 10.1. The van der Waals surface area contributed by atoms with Crippen molar-refractivity contribution in [3.05, 3.63) is 64.7 Å². The van der Waals surface area contributed by atoms with E-state index < -0.39 is 0 Å². The highest BCUT2D eigenvalue weighted by Gasteiger charge is 2.32. The largest absolute Gasteiger partial charge is 0.508 e. The molecular formula is C16H10O4. The third-order valence-electron chi connectivity index (χ3n) is 3.22. The van der Waals surface area contributed by atoms with Gasteiger partial charge in [0.05, 0.1) is 5.57 Å². The van der Waals surface area contributed by atoms with Gasteiger partial charge in [0, 0.05) is 22.8 Å². The van der Waals surface area contributed by atoms with Gasteiger partial charge in [0.1, 0.15) is 11.5 Å². The molecule has 0 saturated heterocycles. The molecular weight excluding hydrogens is 256 g/mol. The lowest BCUT2D eigenvalue weighted by Crippen LogP contribution is -2.00. The van der Waals surface area contributed by atoms with E-state index in [1.807, 2.05) is 0 Å². The van der Waals surface area contributed by atoms with Crippen LogP contribution in [0.4, 0.5) is 0 Å². The Morgan fingerprint density at radius 3 is 2.00 bits per heavy atom. The standard InChI is InChI=1S/C16H10O4/c17-10-6-5-9(14(18)8-10)7-13-15(19)11-3-1-2-4-12(11)16(13)20/h1-8,17-18H. The summed E-state index contributed by atoms with van der Waals surface area (Å²) in [5.74, 6) is -0.970. The molecule has 0 saturated carbocycles. The van der Waals surface area contributed by atoms with Crippen molar-refractivity contribution in [3.8, 4) is 11.5 Å². The van der Waals surface area contributed by atoms with Crippen LogP contribution in [0.5, 0.6) is 11.5 Å². The molecule has 0 bridgehead atoms. The van der Waals surface area contributed by atoms with Crippen LogP contribution in [0.25, 0.3) is 6.08 Å². The highest BCUT2D eigenvalue weighted by molar-refractivity contribution is 6.41. The Bertz CT molecular complexity index is 735. The first-order valence-electron chi connectivity index (χ1n) is 6.00. The highest BCUT2D eigenvalue weighted by Crippen LogP contribution is 2.30. The van der Waals surface area contributed by atoms with Crippen molar-refractivity contribution < 1.29 is 19.8 Å². The van der Waals surface area contributed by atoms with E-state index in [9.17, 15) is 19.8 Å². The fourth-order valence-corrected chi connectivity index (χ4v) is 2.21. The zero-order chi connectivity index (χ0) is 14.3. The van der Waals surface area contributed by atoms with Crippen molar-refractivity contribution in [1.82, 2.24) is 0 Å².